The predicted molar refractivity (Wildman–Crippen MR) is 93.9 cm³/mol. The van der Waals surface area contributed by atoms with Crippen LogP contribution < -0.4 is 20.7 Å². The van der Waals surface area contributed by atoms with Gasteiger partial charge >= 0.3 is 0 Å². The first-order chi connectivity index (χ1) is 11.3. The lowest BCUT2D eigenvalue weighted by Gasteiger charge is -2.35. The molecule has 1 aromatic rings. The third-order valence-electron chi connectivity index (χ3n) is 4.76. The Morgan fingerprint density at radius 3 is 2.71 bits per heavy atom. The van der Waals surface area contributed by atoms with Gasteiger partial charge in [-0.15, -0.1) is 0 Å². The van der Waals surface area contributed by atoms with E-state index in [1.165, 1.54) is 0 Å². The Morgan fingerprint density at radius 1 is 1.42 bits per heavy atom. The Morgan fingerprint density at radius 2 is 2.08 bits per heavy atom. The summed E-state index contributed by atoms with van der Waals surface area (Å²) in [6.45, 7) is 8.39. The number of rotatable bonds is 6. The number of carbonyl (C=O) groups excluding carboxylic acids is 2. The molecule has 3 N–H and O–H groups in total. The maximum Gasteiger partial charge on any atom is 0.267 e. The van der Waals surface area contributed by atoms with Crippen molar-refractivity contribution in [1.29, 1.82) is 0 Å². The molecule has 6 heteroatoms. The molecule has 1 aromatic carbocycles. The van der Waals surface area contributed by atoms with E-state index in [-0.39, 0.29) is 24.2 Å². The van der Waals surface area contributed by atoms with Gasteiger partial charge in [-0.2, -0.15) is 0 Å². The van der Waals surface area contributed by atoms with Crippen molar-refractivity contribution in [2.45, 2.75) is 45.8 Å². The van der Waals surface area contributed by atoms with Gasteiger partial charge in [0, 0.05) is 19.5 Å². The number of ether oxygens (including phenoxy) is 1. The second-order valence-electron chi connectivity index (χ2n) is 6.79. The van der Waals surface area contributed by atoms with Gasteiger partial charge in [0.15, 0.2) is 6.10 Å². The molecule has 1 aliphatic heterocycles. The van der Waals surface area contributed by atoms with E-state index >= 15 is 0 Å². The summed E-state index contributed by atoms with van der Waals surface area (Å²) in [5.41, 5.74) is 6.06. The number of hydrogen-bond donors (Lipinski definition) is 2. The summed E-state index contributed by atoms with van der Waals surface area (Å²) in [4.78, 5) is 26.4. The fourth-order valence-corrected chi connectivity index (χ4v) is 2.61. The van der Waals surface area contributed by atoms with E-state index in [2.05, 4.69) is 5.32 Å². The molecular formula is C18H27N3O3. The molecule has 2 amide bonds. The Labute approximate surface area is 143 Å². The van der Waals surface area contributed by atoms with Crippen molar-refractivity contribution < 1.29 is 14.3 Å². The van der Waals surface area contributed by atoms with Gasteiger partial charge in [0.1, 0.15) is 5.75 Å². The minimum absolute atomic E-state index is 0.110. The zero-order chi connectivity index (χ0) is 17.9. The summed E-state index contributed by atoms with van der Waals surface area (Å²) in [6, 6.07) is 7.37. The highest BCUT2D eigenvalue weighted by Gasteiger charge is 2.32. The number of para-hydroxylation sites is 2. The van der Waals surface area contributed by atoms with Gasteiger partial charge in [-0.25, -0.2) is 0 Å². The van der Waals surface area contributed by atoms with Crippen LogP contribution in [0, 0.1) is 5.92 Å². The van der Waals surface area contributed by atoms with Crippen LogP contribution in [0.15, 0.2) is 24.3 Å². The van der Waals surface area contributed by atoms with Crippen LogP contribution in [-0.2, 0) is 9.59 Å². The normalized spacial score (nSPS) is 19.5. The number of amides is 2. The number of carbonyl (C=O) groups is 2. The summed E-state index contributed by atoms with van der Waals surface area (Å²) in [5, 5.41) is 3.00. The number of nitrogens with zero attached hydrogens (tertiary/aromatic N) is 1. The fourth-order valence-electron chi connectivity index (χ4n) is 2.61. The van der Waals surface area contributed by atoms with Crippen LogP contribution in [0.4, 0.5) is 5.69 Å². The smallest absolute Gasteiger partial charge is 0.267 e. The zero-order valence-electron chi connectivity index (χ0n) is 14.8. The van der Waals surface area contributed by atoms with Crippen LogP contribution in [0.2, 0.25) is 0 Å². The monoisotopic (exact) mass is 333 g/mol. The molecule has 0 fully saturated rings. The number of fused-ring (bicyclic) bond motifs is 1. The van der Waals surface area contributed by atoms with Crippen molar-refractivity contribution in [1.82, 2.24) is 5.32 Å². The average molecular weight is 333 g/mol. The van der Waals surface area contributed by atoms with Crippen LogP contribution in [-0.4, -0.2) is 36.5 Å². The lowest BCUT2D eigenvalue weighted by atomic mass is 9.88. The van der Waals surface area contributed by atoms with Crippen LogP contribution >= 0.6 is 0 Å². The molecule has 2 unspecified atom stereocenters. The van der Waals surface area contributed by atoms with E-state index in [1.54, 1.807) is 11.8 Å². The maximum atomic E-state index is 12.4. The summed E-state index contributed by atoms with van der Waals surface area (Å²) in [7, 11) is 0. The van der Waals surface area contributed by atoms with E-state index in [9.17, 15) is 9.59 Å². The molecule has 2 atom stereocenters. The van der Waals surface area contributed by atoms with Gasteiger partial charge in [-0.1, -0.05) is 26.0 Å². The maximum absolute atomic E-state index is 12.4. The quantitative estimate of drug-likeness (QED) is 0.829. The Hall–Kier alpha value is -2.08. The third kappa shape index (κ3) is 3.70. The van der Waals surface area contributed by atoms with Crippen molar-refractivity contribution in [3.8, 4) is 5.75 Å². The average Bonchev–Trinajstić information content (AvgIpc) is 2.55. The van der Waals surface area contributed by atoms with Crippen molar-refractivity contribution in [3.05, 3.63) is 24.3 Å². The lowest BCUT2D eigenvalue weighted by Crippen LogP contribution is -2.55. The van der Waals surface area contributed by atoms with Gasteiger partial charge in [0.05, 0.1) is 11.2 Å². The lowest BCUT2D eigenvalue weighted by molar-refractivity contribution is -0.126. The molecule has 0 saturated carbocycles. The molecule has 0 aliphatic carbocycles. The summed E-state index contributed by atoms with van der Waals surface area (Å²) >= 11 is 0. The molecule has 0 radical (unpaired) electrons. The minimum Gasteiger partial charge on any atom is -0.479 e. The van der Waals surface area contributed by atoms with Crippen molar-refractivity contribution in [2.24, 2.45) is 11.7 Å². The molecule has 132 valence electrons. The molecule has 1 heterocycles. The predicted octanol–water partition coefficient (Wildman–Crippen LogP) is 1.68. The second-order valence-corrected chi connectivity index (χ2v) is 6.79. The van der Waals surface area contributed by atoms with E-state index in [0.717, 1.165) is 0 Å². The van der Waals surface area contributed by atoms with Gasteiger partial charge in [-0.05, 0) is 31.9 Å². The van der Waals surface area contributed by atoms with Crippen molar-refractivity contribution in [2.75, 3.05) is 18.0 Å². The van der Waals surface area contributed by atoms with E-state index in [4.69, 9.17) is 10.5 Å². The van der Waals surface area contributed by atoms with Crippen LogP contribution in [0.1, 0.15) is 34.1 Å². The summed E-state index contributed by atoms with van der Waals surface area (Å²) in [5.74, 6) is 0.643. The zero-order valence-corrected chi connectivity index (χ0v) is 14.8. The number of nitrogens with one attached hydrogen (secondary N) is 1. The van der Waals surface area contributed by atoms with E-state index < -0.39 is 11.6 Å². The molecule has 1 aliphatic rings. The first-order valence-corrected chi connectivity index (χ1v) is 8.36. The first-order valence-electron chi connectivity index (χ1n) is 8.36. The van der Waals surface area contributed by atoms with Gasteiger partial charge in [-0.3, -0.25) is 9.59 Å². The standard InChI is InChI=1S/C18H27N3O3/c1-12(2)18(4,11-19)20-16(22)9-10-21-14-7-5-6-8-15(14)24-13(3)17(21)23/h5-8,12-13H,9-11,19H2,1-4H3,(H,20,22). The Kier molecular flexibility index (Phi) is 5.49. The van der Waals surface area contributed by atoms with E-state index in [0.29, 0.717) is 24.5 Å². The van der Waals surface area contributed by atoms with Crippen LogP contribution in [0.5, 0.6) is 5.75 Å². The summed E-state index contributed by atoms with van der Waals surface area (Å²) in [6.07, 6.45) is -0.331. The van der Waals surface area contributed by atoms with Gasteiger partial charge in [0.25, 0.3) is 5.91 Å². The highest BCUT2D eigenvalue weighted by molar-refractivity contribution is 6.00. The summed E-state index contributed by atoms with van der Waals surface area (Å²) < 4.78 is 5.60. The van der Waals surface area contributed by atoms with Crippen LogP contribution in [0.3, 0.4) is 0 Å². The third-order valence-corrected chi connectivity index (χ3v) is 4.76. The van der Waals surface area contributed by atoms with Crippen molar-refractivity contribution in [3.63, 3.8) is 0 Å². The van der Waals surface area contributed by atoms with Crippen molar-refractivity contribution >= 4 is 17.5 Å². The SMILES string of the molecule is CC1Oc2ccccc2N(CCC(=O)NC(C)(CN)C(C)C)C1=O. The van der Waals surface area contributed by atoms with Gasteiger partial charge in [0.2, 0.25) is 5.91 Å². The van der Waals surface area contributed by atoms with E-state index in [1.807, 2.05) is 45.0 Å². The molecular weight excluding hydrogens is 306 g/mol. The topological polar surface area (TPSA) is 84.7 Å². The number of hydrogen-bond acceptors (Lipinski definition) is 4. The largest absolute Gasteiger partial charge is 0.479 e. The molecule has 0 bridgehead atoms. The number of nitrogens with two attached hydrogens (primary N) is 1. The Balaban J connectivity index is 2.06. The minimum atomic E-state index is -0.548. The highest BCUT2D eigenvalue weighted by Crippen LogP contribution is 2.33. The Bertz CT molecular complexity index is 617. The molecule has 2 rings (SSSR count). The fraction of sp³-hybridized carbons (Fsp3) is 0.556. The second kappa shape index (κ2) is 7.21. The first kappa shape index (κ1) is 18.3. The van der Waals surface area contributed by atoms with Crippen LogP contribution in [0.25, 0.3) is 0 Å². The number of anilines is 1. The molecule has 0 spiro atoms. The molecule has 0 saturated heterocycles. The number of benzene rings is 1. The van der Waals surface area contributed by atoms with Gasteiger partial charge < -0.3 is 20.7 Å². The highest BCUT2D eigenvalue weighted by atomic mass is 16.5. The molecule has 24 heavy (non-hydrogen) atoms. The molecule has 6 nitrogen and oxygen atoms in total. The molecule has 0 aromatic heterocycles.